The number of carbonyl (C=O) groups excluding carboxylic acids is 1. The predicted octanol–water partition coefficient (Wildman–Crippen LogP) is 1.70. The van der Waals surface area contributed by atoms with Crippen molar-refractivity contribution in [1.82, 2.24) is 10.2 Å². The molecule has 27 heavy (non-hydrogen) atoms. The van der Waals surface area contributed by atoms with Crippen molar-refractivity contribution in [2.24, 2.45) is 0 Å². The second-order valence-electron chi connectivity index (χ2n) is 6.54. The highest BCUT2D eigenvalue weighted by Crippen LogP contribution is 2.24. The molecule has 1 aliphatic heterocycles. The number of carbonyl (C=O) groups is 1. The summed E-state index contributed by atoms with van der Waals surface area (Å²) in [4.78, 5) is 14.6. The summed E-state index contributed by atoms with van der Waals surface area (Å²) in [5, 5.41) is 2.82. The SMILES string of the molecule is CCN(CC)CCOCCNC(=O)c1cccc(N2CCCCS2(=O)=O)c1. The summed E-state index contributed by atoms with van der Waals surface area (Å²) >= 11 is 0. The van der Waals surface area contributed by atoms with Crippen molar-refractivity contribution in [3.63, 3.8) is 0 Å². The lowest BCUT2D eigenvalue weighted by Gasteiger charge is -2.28. The Morgan fingerprint density at radius 3 is 2.70 bits per heavy atom. The van der Waals surface area contributed by atoms with E-state index < -0.39 is 10.0 Å². The van der Waals surface area contributed by atoms with Crippen LogP contribution in [-0.2, 0) is 14.8 Å². The van der Waals surface area contributed by atoms with Crippen molar-refractivity contribution in [3.8, 4) is 0 Å². The molecule has 1 amide bonds. The van der Waals surface area contributed by atoms with Crippen molar-refractivity contribution in [1.29, 1.82) is 0 Å². The van der Waals surface area contributed by atoms with E-state index in [1.807, 2.05) is 0 Å². The maximum absolute atomic E-state index is 12.3. The van der Waals surface area contributed by atoms with Crippen molar-refractivity contribution >= 4 is 21.6 Å². The first-order valence-corrected chi connectivity index (χ1v) is 11.3. The van der Waals surface area contributed by atoms with Crippen molar-refractivity contribution in [3.05, 3.63) is 29.8 Å². The van der Waals surface area contributed by atoms with Crippen molar-refractivity contribution < 1.29 is 17.9 Å². The van der Waals surface area contributed by atoms with Gasteiger partial charge in [-0.25, -0.2) is 8.42 Å². The van der Waals surface area contributed by atoms with Gasteiger partial charge in [-0.3, -0.25) is 9.10 Å². The highest BCUT2D eigenvalue weighted by Gasteiger charge is 2.26. The number of hydrogen-bond acceptors (Lipinski definition) is 5. The second kappa shape index (κ2) is 10.6. The molecule has 1 aromatic carbocycles. The fourth-order valence-electron chi connectivity index (χ4n) is 3.06. The van der Waals surface area contributed by atoms with Gasteiger partial charge in [0.2, 0.25) is 10.0 Å². The van der Waals surface area contributed by atoms with Crippen LogP contribution < -0.4 is 9.62 Å². The molecule has 1 fully saturated rings. The van der Waals surface area contributed by atoms with E-state index in [1.165, 1.54) is 4.31 Å². The van der Waals surface area contributed by atoms with Gasteiger partial charge in [-0.05, 0) is 44.1 Å². The van der Waals surface area contributed by atoms with Crippen molar-refractivity contribution in [2.75, 3.05) is 56.0 Å². The second-order valence-corrected chi connectivity index (χ2v) is 8.55. The molecule has 8 heteroatoms. The normalized spacial score (nSPS) is 16.5. The lowest BCUT2D eigenvalue weighted by Crippen LogP contribution is -2.38. The van der Waals surface area contributed by atoms with E-state index in [9.17, 15) is 13.2 Å². The molecule has 1 aromatic rings. The highest BCUT2D eigenvalue weighted by molar-refractivity contribution is 7.92. The Hall–Kier alpha value is -1.64. The van der Waals surface area contributed by atoms with Crippen LogP contribution in [0.1, 0.15) is 37.0 Å². The number of amides is 1. The van der Waals surface area contributed by atoms with E-state index in [-0.39, 0.29) is 11.7 Å². The number of likely N-dealkylation sites (N-methyl/N-ethyl adjacent to an activating group) is 1. The average Bonchev–Trinajstić information content (AvgIpc) is 2.67. The van der Waals surface area contributed by atoms with Crippen LogP contribution in [0.15, 0.2) is 24.3 Å². The molecule has 0 bridgehead atoms. The Kier molecular flexibility index (Phi) is 8.53. The molecule has 0 saturated carbocycles. The number of nitrogens with one attached hydrogen (secondary N) is 1. The number of rotatable bonds is 10. The van der Waals surface area contributed by atoms with E-state index in [0.717, 1.165) is 26.1 Å². The first-order chi connectivity index (χ1) is 13.0. The summed E-state index contributed by atoms with van der Waals surface area (Å²) in [7, 11) is -3.28. The summed E-state index contributed by atoms with van der Waals surface area (Å²) in [6.07, 6.45) is 1.52. The third-order valence-electron chi connectivity index (χ3n) is 4.72. The van der Waals surface area contributed by atoms with E-state index in [0.29, 0.717) is 44.0 Å². The van der Waals surface area contributed by atoms with E-state index >= 15 is 0 Å². The Bertz CT molecular complexity index is 705. The summed E-state index contributed by atoms with van der Waals surface area (Å²) in [6, 6.07) is 6.78. The largest absolute Gasteiger partial charge is 0.378 e. The minimum absolute atomic E-state index is 0.161. The summed E-state index contributed by atoms with van der Waals surface area (Å²) in [5.74, 6) is -0.0626. The Morgan fingerprint density at radius 1 is 1.22 bits per heavy atom. The molecule has 0 spiro atoms. The average molecular weight is 398 g/mol. The molecule has 1 N–H and O–H groups in total. The van der Waals surface area contributed by atoms with Gasteiger partial charge in [-0.1, -0.05) is 19.9 Å². The smallest absolute Gasteiger partial charge is 0.251 e. The predicted molar refractivity (Wildman–Crippen MR) is 108 cm³/mol. The highest BCUT2D eigenvalue weighted by atomic mass is 32.2. The zero-order chi connectivity index (χ0) is 19.7. The third-order valence-corrected chi connectivity index (χ3v) is 6.59. The quantitative estimate of drug-likeness (QED) is 0.608. The monoisotopic (exact) mass is 397 g/mol. The Morgan fingerprint density at radius 2 is 2.00 bits per heavy atom. The topological polar surface area (TPSA) is 79.0 Å². The Balaban J connectivity index is 1.81. The van der Waals surface area contributed by atoms with Crippen LogP contribution in [0.25, 0.3) is 0 Å². The molecule has 0 aliphatic carbocycles. The van der Waals surface area contributed by atoms with E-state index in [2.05, 4.69) is 24.1 Å². The van der Waals surface area contributed by atoms with Gasteiger partial charge in [0.1, 0.15) is 0 Å². The van der Waals surface area contributed by atoms with Gasteiger partial charge in [-0.15, -0.1) is 0 Å². The fraction of sp³-hybridized carbons (Fsp3) is 0.632. The van der Waals surface area contributed by atoms with Gasteiger partial charge in [0.25, 0.3) is 5.91 Å². The lowest BCUT2D eigenvalue weighted by atomic mass is 10.2. The molecule has 1 heterocycles. The first kappa shape index (κ1) is 21.7. The van der Waals surface area contributed by atoms with Gasteiger partial charge in [0, 0.05) is 25.2 Å². The molecule has 2 rings (SSSR count). The summed E-state index contributed by atoms with van der Waals surface area (Å²) in [6.45, 7) is 9.09. The van der Waals surface area contributed by atoms with Crippen LogP contribution in [0, 0.1) is 0 Å². The van der Waals surface area contributed by atoms with Crippen LogP contribution in [0.4, 0.5) is 5.69 Å². The number of ether oxygens (including phenoxy) is 1. The minimum Gasteiger partial charge on any atom is -0.378 e. The number of hydrogen-bond donors (Lipinski definition) is 1. The minimum atomic E-state index is -3.28. The maximum Gasteiger partial charge on any atom is 0.251 e. The number of sulfonamides is 1. The van der Waals surface area contributed by atoms with Crippen LogP contribution in [0.2, 0.25) is 0 Å². The zero-order valence-electron chi connectivity index (χ0n) is 16.3. The first-order valence-electron chi connectivity index (χ1n) is 9.66. The van der Waals surface area contributed by atoms with Crippen LogP contribution >= 0.6 is 0 Å². The molecule has 0 aromatic heterocycles. The third kappa shape index (κ3) is 6.48. The molecular weight excluding hydrogens is 366 g/mol. The molecule has 1 saturated heterocycles. The van der Waals surface area contributed by atoms with Gasteiger partial charge < -0.3 is 15.0 Å². The van der Waals surface area contributed by atoms with E-state index in [4.69, 9.17) is 4.74 Å². The lowest BCUT2D eigenvalue weighted by molar-refractivity contribution is 0.0884. The molecule has 1 aliphatic rings. The molecule has 0 atom stereocenters. The van der Waals surface area contributed by atoms with Crippen LogP contribution in [-0.4, -0.2) is 70.9 Å². The number of anilines is 1. The number of benzene rings is 1. The van der Waals surface area contributed by atoms with Gasteiger partial charge >= 0.3 is 0 Å². The number of nitrogens with zero attached hydrogens (tertiary/aromatic N) is 2. The molecule has 152 valence electrons. The molecule has 0 unspecified atom stereocenters. The fourth-order valence-corrected chi connectivity index (χ4v) is 4.69. The van der Waals surface area contributed by atoms with Crippen LogP contribution in [0.5, 0.6) is 0 Å². The van der Waals surface area contributed by atoms with Crippen molar-refractivity contribution in [2.45, 2.75) is 26.7 Å². The molecule has 0 radical (unpaired) electrons. The van der Waals surface area contributed by atoms with E-state index in [1.54, 1.807) is 24.3 Å². The zero-order valence-corrected chi connectivity index (χ0v) is 17.1. The van der Waals surface area contributed by atoms with Gasteiger partial charge in [0.15, 0.2) is 0 Å². The summed E-state index contributed by atoms with van der Waals surface area (Å²) in [5.41, 5.74) is 1.01. The summed E-state index contributed by atoms with van der Waals surface area (Å²) < 4.78 is 31.4. The molecular formula is C19H31N3O4S. The standard InChI is InChI=1S/C19H31N3O4S/c1-3-21(4-2)12-14-26-13-10-20-19(23)17-8-7-9-18(16-17)22-11-5-6-15-27(22,24)25/h7-9,16H,3-6,10-15H2,1-2H3,(H,20,23). The molecule has 7 nitrogen and oxygen atoms in total. The van der Waals surface area contributed by atoms with Gasteiger partial charge in [-0.2, -0.15) is 0 Å². The van der Waals surface area contributed by atoms with Gasteiger partial charge in [0.05, 0.1) is 24.7 Å². The van der Waals surface area contributed by atoms with Crippen LogP contribution in [0.3, 0.4) is 0 Å². The Labute approximate surface area is 162 Å². The maximum atomic E-state index is 12.3.